The van der Waals surface area contributed by atoms with Gasteiger partial charge in [-0.1, -0.05) is 12.8 Å². The van der Waals surface area contributed by atoms with Gasteiger partial charge in [-0.2, -0.15) is 0 Å². The van der Waals surface area contributed by atoms with Gasteiger partial charge in [0.05, 0.1) is 6.04 Å². The van der Waals surface area contributed by atoms with Gasteiger partial charge in [-0.3, -0.25) is 0 Å². The number of nitrogens with zero attached hydrogens (tertiary/aromatic N) is 5. The van der Waals surface area contributed by atoms with Gasteiger partial charge in [0.15, 0.2) is 0 Å². The first-order chi connectivity index (χ1) is 10.2. The summed E-state index contributed by atoms with van der Waals surface area (Å²) >= 11 is 1.52. The maximum atomic E-state index is 5.88. The molecule has 0 bridgehead atoms. The van der Waals surface area contributed by atoms with Gasteiger partial charge in [0, 0.05) is 17.8 Å². The molecule has 0 unspecified atom stereocenters. The first-order valence-electron chi connectivity index (χ1n) is 7.32. The van der Waals surface area contributed by atoms with Crippen molar-refractivity contribution in [2.45, 2.75) is 62.3 Å². The van der Waals surface area contributed by atoms with E-state index in [1.54, 1.807) is 0 Å². The minimum atomic E-state index is 0.426. The molecule has 112 valence electrons. The standard InChI is InChI=1S/C14H20N6S/c1-9-7-10(2)16-13(12(9)8-15)21-14-17-18-19-20(14)11-5-3-4-6-11/h7,11H,3-6,8,15H2,1-2H3. The molecule has 2 aromatic rings. The molecule has 0 amide bonds. The number of hydrogen-bond donors (Lipinski definition) is 1. The van der Waals surface area contributed by atoms with Crippen LogP contribution >= 0.6 is 11.8 Å². The summed E-state index contributed by atoms with van der Waals surface area (Å²) in [5, 5.41) is 13.9. The minimum absolute atomic E-state index is 0.426. The van der Waals surface area contributed by atoms with Crippen molar-refractivity contribution in [1.29, 1.82) is 0 Å². The van der Waals surface area contributed by atoms with Crippen molar-refractivity contribution in [2.75, 3.05) is 0 Å². The van der Waals surface area contributed by atoms with Crippen LogP contribution in [-0.4, -0.2) is 25.2 Å². The molecule has 2 aromatic heterocycles. The molecular weight excluding hydrogens is 284 g/mol. The predicted octanol–water partition coefficient (Wildman–Crippen LogP) is 2.41. The molecule has 0 aromatic carbocycles. The van der Waals surface area contributed by atoms with Gasteiger partial charge in [-0.05, 0) is 60.5 Å². The lowest BCUT2D eigenvalue weighted by molar-refractivity contribution is 0.423. The van der Waals surface area contributed by atoms with Crippen LogP contribution in [-0.2, 0) is 6.54 Å². The van der Waals surface area contributed by atoms with Crippen LogP contribution in [0.5, 0.6) is 0 Å². The first kappa shape index (κ1) is 14.5. The van der Waals surface area contributed by atoms with E-state index in [-0.39, 0.29) is 0 Å². The second-order valence-corrected chi connectivity index (χ2v) is 6.47. The average Bonchev–Trinajstić information content (AvgIpc) is 3.08. The number of tetrazole rings is 1. The van der Waals surface area contributed by atoms with Gasteiger partial charge >= 0.3 is 0 Å². The Hall–Kier alpha value is -1.47. The Labute approximate surface area is 128 Å². The van der Waals surface area contributed by atoms with Crippen molar-refractivity contribution in [3.05, 3.63) is 22.9 Å². The lowest BCUT2D eigenvalue weighted by Gasteiger charge is -2.13. The second-order valence-electron chi connectivity index (χ2n) is 5.51. The van der Waals surface area contributed by atoms with E-state index in [2.05, 4.69) is 33.5 Å². The molecule has 0 atom stereocenters. The summed E-state index contributed by atoms with van der Waals surface area (Å²) in [6, 6.07) is 2.49. The lowest BCUT2D eigenvalue weighted by Crippen LogP contribution is -2.09. The number of pyridine rings is 1. The van der Waals surface area contributed by atoms with Gasteiger partial charge < -0.3 is 5.73 Å². The van der Waals surface area contributed by atoms with Crippen molar-refractivity contribution in [3.63, 3.8) is 0 Å². The van der Waals surface area contributed by atoms with Gasteiger partial charge in [-0.15, -0.1) is 5.10 Å². The van der Waals surface area contributed by atoms with Gasteiger partial charge in [-0.25, -0.2) is 9.67 Å². The Morgan fingerprint density at radius 2 is 2.10 bits per heavy atom. The minimum Gasteiger partial charge on any atom is -0.326 e. The smallest absolute Gasteiger partial charge is 0.215 e. The highest BCUT2D eigenvalue weighted by molar-refractivity contribution is 7.99. The van der Waals surface area contributed by atoms with Crippen LogP contribution in [0.25, 0.3) is 0 Å². The number of hydrogen-bond acceptors (Lipinski definition) is 6. The number of aromatic nitrogens is 5. The molecule has 1 aliphatic carbocycles. The molecule has 21 heavy (non-hydrogen) atoms. The topological polar surface area (TPSA) is 82.5 Å². The third-order valence-electron chi connectivity index (χ3n) is 3.96. The zero-order valence-electron chi connectivity index (χ0n) is 12.4. The fourth-order valence-corrected chi connectivity index (χ4v) is 3.97. The zero-order valence-corrected chi connectivity index (χ0v) is 13.2. The van der Waals surface area contributed by atoms with Crippen molar-refractivity contribution in [3.8, 4) is 0 Å². The largest absolute Gasteiger partial charge is 0.326 e. The van der Waals surface area contributed by atoms with E-state index in [9.17, 15) is 0 Å². The molecule has 0 saturated heterocycles. The summed E-state index contributed by atoms with van der Waals surface area (Å²) in [6.07, 6.45) is 4.82. The highest BCUT2D eigenvalue weighted by atomic mass is 32.2. The van der Waals surface area contributed by atoms with Gasteiger partial charge in [0.25, 0.3) is 0 Å². The highest BCUT2D eigenvalue weighted by Crippen LogP contribution is 2.34. The second kappa shape index (κ2) is 6.11. The molecule has 0 radical (unpaired) electrons. The zero-order chi connectivity index (χ0) is 14.8. The fraction of sp³-hybridized carbons (Fsp3) is 0.571. The highest BCUT2D eigenvalue weighted by Gasteiger charge is 2.23. The lowest BCUT2D eigenvalue weighted by atomic mass is 10.1. The van der Waals surface area contributed by atoms with E-state index < -0.39 is 0 Å². The molecule has 0 spiro atoms. The number of aryl methyl sites for hydroxylation is 2. The SMILES string of the molecule is Cc1cc(C)c(CN)c(Sc2nnnn2C2CCCC2)n1. The van der Waals surface area contributed by atoms with E-state index in [4.69, 9.17) is 5.73 Å². The molecule has 6 nitrogen and oxygen atoms in total. The average molecular weight is 304 g/mol. The van der Waals surface area contributed by atoms with Crippen LogP contribution in [0.2, 0.25) is 0 Å². The summed E-state index contributed by atoms with van der Waals surface area (Å²) in [5.41, 5.74) is 9.12. The molecule has 3 rings (SSSR count). The Morgan fingerprint density at radius 1 is 1.33 bits per heavy atom. The van der Waals surface area contributed by atoms with Crippen LogP contribution in [0.3, 0.4) is 0 Å². The number of rotatable bonds is 4. The molecule has 2 N–H and O–H groups in total. The predicted molar refractivity (Wildman–Crippen MR) is 81.0 cm³/mol. The van der Waals surface area contributed by atoms with Crippen LogP contribution in [0.1, 0.15) is 48.5 Å². The maximum Gasteiger partial charge on any atom is 0.215 e. The molecule has 0 aliphatic heterocycles. The molecule has 7 heteroatoms. The Morgan fingerprint density at radius 3 is 2.81 bits per heavy atom. The van der Waals surface area contributed by atoms with E-state index in [1.165, 1.54) is 30.2 Å². The van der Waals surface area contributed by atoms with Gasteiger partial charge in [0.2, 0.25) is 5.16 Å². The summed E-state index contributed by atoms with van der Waals surface area (Å²) < 4.78 is 1.96. The Balaban J connectivity index is 1.92. The van der Waals surface area contributed by atoms with Crippen molar-refractivity contribution in [1.82, 2.24) is 25.2 Å². The molecule has 1 aliphatic rings. The third-order valence-corrected chi connectivity index (χ3v) is 4.95. The Kier molecular flexibility index (Phi) is 4.21. The molecular formula is C14H20N6S. The van der Waals surface area contributed by atoms with E-state index >= 15 is 0 Å². The third kappa shape index (κ3) is 2.94. The Bertz CT molecular complexity index is 632. The first-order valence-corrected chi connectivity index (χ1v) is 8.13. The van der Waals surface area contributed by atoms with Crippen LogP contribution < -0.4 is 5.73 Å². The van der Waals surface area contributed by atoms with E-state index in [0.29, 0.717) is 12.6 Å². The maximum absolute atomic E-state index is 5.88. The summed E-state index contributed by atoms with van der Waals surface area (Å²) in [6.45, 7) is 4.55. The summed E-state index contributed by atoms with van der Waals surface area (Å²) in [5.74, 6) is 0. The fourth-order valence-electron chi connectivity index (χ4n) is 2.88. The van der Waals surface area contributed by atoms with E-state index in [1.807, 2.05) is 11.6 Å². The van der Waals surface area contributed by atoms with Crippen molar-refractivity contribution >= 4 is 11.8 Å². The van der Waals surface area contributed by atoms with E-state index in [0.717, 1.165) is 34.3 Å². The van der Waals surface area contributed by atoms with Crippen LogP contribution in [0.15, 0.2) is 16.2 Å². The van der Waals surface area contributed by atoms with Crippen molar-refractivity contribution < 1.29 is 0 Å². The molecule has 2 heterocycles. The van der Waals surface area contributed by atoms with Crippen LogP contribution in [0, 0.1) is 13.8 Å². The normalized spacial score (nSPS) is 15.8. The summed E-state index contributed by atoms with van der Waals surface area (Å²) in [4.78, 5) is 4.62. The van der Waals surface area contributed by atoms with Crippen LogP contribution in [0.4, 0.5) is 0 Å². The summed E-state index contributed by atoms with van der Waals surface area (Å²) in [7, 11) is 0. The van der Waals surface area contributed by atoms with Gasteiger partial charge in [0.1, 0.15) is 5.03 Å². The quantitative estimate of drug-likeness (QED) is 0.934. The number of nitrogens with two attached hydrogens (primary N) is 1. The molecule has 1 fully saturated rings. The molecule has 1 saturated carbocycles. The van der Waals surface area contributed by atoms with Crippen molar-refractivity contribution in [2.24, 2.45) is 5.73 Å². The monoisotopic (exact) mass is 304 g/mol.